The van der Waals surface area contributed by atoms with Crippen molar-refractivity contribution in [1.82, 2.24) is 10.2 Å². The van der Waals surface area contributed by atoms with Gasteiger partial charge in [0.05, 0.1) is 12.3 Å². The lowest BCUT2D eigenvalue weighted by Gasteiger charge is -2.04. The molecule has 0 saturated carbocycles. The Hall–Kier alpha value is -1.94. The molecule has 0 amide bonds. The summed E-state index contributed by atoms with van der Waals surface area (Å²) in [6.45, 7) is 6.16. The van der Waals surface area contributed by atoms with Crippen molar-refractivity contribution in [2.24, 2.45) is 0 Å². The number of aliphatic hydroxyl groups is 1. The minimum absolute atomic E-state index is 0.0730. The van der Waals surface area contributed by atoms with Crippen LogP contribution in [-0.2, 0) is 0 Å². The molecule has 0 aliphatic rings. The molecule has 0 aliphatic carbocycles. The van der Waals surface area contributed by atoms with E-state index in [-0.39, 0.29) is 6.61 Å². The molecule has 17 heavy (non-hydrogen) atoms. The monoisotopic (exact) mass is 231 g/mol. The molecule has 4 nitrogen and oxygen atoms in total. The van der Waals surface area contributed by atoms with Crippen molar-refractivity contribution in [1.29, 1.82) is 0 Å². The van der Waals surface area contributed by atoms with Crippen molar-refractivity contribution in [2.75, 3.05) is 18.5 Å². The molecule has 0 bridgehead atoms. The Balaban J connectivity index is 2.84. The van der Waals surface area contributed by atoms with Crippen LogP contribution in [0.5, 0.6) is 0 Å². The van der Waals surface area contributed by atoms with Crippen molar-refractivity contribution < 1.29 is 5.11 Å². The molecule has 0 aliphatic heterocycles. The summed E-state index contributed by atoms with van der Waals surface area (Å²) in [5.74, 6) is 0.654. The van der Waals surface area contributed by atoms with E-state index in [0.29, 0.717) is 12.4 Å². The third-order valence-electron chi connectivity index (χ3n) is 2.02. The van der Waals surface area contributed by atoms with Crippen LogP contribution in [0.3, 0.4) is 0 Å². The van der Waals surface area contributed by atoms with Crippen molar-refractivity contribution in [3.05, 3.63) is 48.7 Å². The number of anilines is 1. The smallest absolute Gasteiger partial charge is 0.148 e. The molecule has 1 rings (SSSR count). The average Bonchev–Trinajstić information content (AvgIpc) is 2.37. The second-order valence-electron chi connectivity index (χ2n) is 3.31. The highest BCUT2D eigenvalue weighted by Gasteiger charge is 2.00. The second-order valence-corrected chi connectivity index (χ2v) is 3.31. The Bertz CT molecular complexity index is 407. The maximum atomic E-state index is 8.67. The van der Waals surface area contributed by atoms with Crippen LogP contribution in [0.4, 0.5) is 5.82 Å². The molecule has 4 heteroatoms. The fourth-order valence-electron chi connectivity index (χ4n) is 1.30. The van der Waals surface area contributed by atoms with Gasteiger partial charge < -0.3 is 10.4 Å². The lowest BCUT2D eigenvalue weighted by molar-refractivity contribution is 0.311. The Labute approximate surface area is 101 Å². The standard InChI is InChI=1S/C13H17N3O/c1-3-5-11(6-4-2)12-7-8-13(16-15-12)14-9-10-17/h3-8,17H,1,9-10H2,2H3,(H,14,16)/b6-4-,11-5+. The fraction of sp³-hybridized carbons (Fsp3) is 0.231. The Kier molecular flexibility index (Phi) is 5.68. The van der Waals surface area contributed by atoms with Gasteiger partial charge in [-0.3, -0.25) is 0 Å². The largest absolute Gasteiger partial charge is 0.395 e. The molecule has 0 unspecified atom stereocenters. The van der Waals surface area contributed by atoms with Crippen LogP contribution < -0.4 is 5.32 Å². The highest BCUT2D eigenvalue weighted by Crippen LogP contribution is 2.14. The van der Waals surface area contributed by atoms with Crippen LogP contribution in [0.1, 0.15) is 12.6 Å². The van der Waals surface area contributed by atoms with E-state index in [1.165, 1.54) is 0 Å². The van der Waals surface area contributed by atoms with Gasteiger partial charge in [-0.15, -0.1) is 10.2 Å². The van der Waals surface area contributed by atoms with Crippen molar-refractivity contribution in [2.45, 2.75) is 6.92 Å². The Morgan fingerprint density at radius 1 is 1.47 bits per heavy atom. The van der Waals surface area contributed by atoms with E-state index in [9.17, 15) is 0 Å². The number of nitrogens with one attached hydrogen (secondary N) is 1. The zero-order valence-electron chi connectivity index (χ0n) is 9.93. The molecule has 0 fully saturated rings. The summed E-state index contributed by atoms with van der Waals surface area (Å²) in [4.78, 5) is 0. The van der Waals surface area contributed by atoms with Crippen LogP contribution in [0.25, 0.3) is 5.57 Å². The lowest BCUT2D eigenvalue weighted by Crippen LogP contribution is -2.07. The number of rotatable bonds is 6. The van der Waals surface area contributed by atoms with Gasteiger partial charge in [-0.25, -0.2) is 0 Å². The highest BCUT2D eigenvalue weighted by molar-refractivity contribution is 5.72. The van der Waals surface area contributed by atoms with Crippen molar-refractivity contribution in [3.63, 3.8) is 0 Å². The first kappa shape index (κ1) is 13.1. The molecule has 90 valence electrons. The van der Waals surface area contributed by atoms with Gasteiger partial charge in [-0.1, -0.05) is 30.9 Å². The van der Waals surface area contributed by atoms with Gasteiger partial charge in [-0.05, 0) is 19.1 Å². The third kappa shape index (κ3) is 4.20. The van der Waals surface area contributed by atoms with Gasteiger partial charge in [0.25, 0.3) is 0 Å². The second kappa shape index (κ2) is 7.35. The van der Waals surface area contributed by atoms with Crippen LogP contribution >= 0.6 is 0 Å². The van der Waals surface area contributed by atoms with E-state index < -0.39 is 0 Å². The molecule has 2 N–H and O–H groups in total. The summed E-state index contributed by atoms with van der Waals surface area (Å²) in [7, 11) is 0. The molecule has 1 heterocycles. The van der Waals surface area contributed by atoms with Gasteiger partial charge in [-0.2, -0.15) is 0 Å². The number of aromatic nitrogens is 2. The summed E-state index contributed by atoms with van der Waals surface area (Å²) < 4.78 is 0. The normalized spacial score (nSPS) is 11.8. The number of hydrogen-bond acceptors (Lipinski definition) is 4. The quantitative estimate of drug-likeness (QED) is 0.735. The summed E-state index contributed by atoms with van der Waals surface area (Å²) in [5.41, 5.74) is 1.75. The maximum absolute atomic E-state index is 8.67. The molecule has 0 aromatic carbocycles. The number of nitrogens with zero attached hydrogens (tertiary/aromatic N) is 2. The summed E-state index contributed by atoms with van der Waals surface area (Å²) >= 11 is 0. The zero-order valence-corrected chi connectivity index (χ0v) is 9.93. The van der Waals surface area contributed by atoms with E-state index >= 15 is 0 Å². The molecular formula is C13H17N3O. The van der Waals surface area contributed by atoms with E-state index in [2.05, 4.69) is 22.1 Å². The number of allylic oxidation sites excluding steroid dienone is 5. The molecule has 0 spiro atoms. The fourth-order valence-corrected chi connectivity index (χ4v) is 1.30. The first-order valence-electron chi connectivity index (χ1n) is 5.46. The molecule has 0 radical (unpaired) electrons. The Morgan fingerprint density at radius 3 is 2.82 bits per heavy atom. The van der Waals surface area contributed by atoms with Crippen LogP contribution in [-0.4, -0.2) is 28.5 Å². The molecule has 0 saturated heterocycles. The highest BCUT2D eigenvalue weighted by atomic mass is 16.3. The average molecular weight is 231 g/mol. The van der Waals surface area contributed by atoms with Crippen molar-refractivity contribution >= 4 is 11.4 Å². The predicted octanol–water partition coefficient (Wildman–Crippen LogP) is 2.03. The maximum Gasteiger partial charge on any atom is 0.148 e. The predicted molar refractivity (Wildman–Crippen MR) is 70.6 cm³/mol. The topological polar surface area (TPSA) is 58.0 Å². The van der Waals surface area contributed by atoms with Crippen LogP contribution in [0.2, 0.25) is 0 Å². The van der Waals surface area contributed by atoms with Gasteiger partial charge in [0.1, 0.15) is 5.82 Å². The van der Waals surface area contributed by atoms with E-state index in [0.717, 1.165) is 11.3 Å². The zero-order chi connectivity index (χ0) is 12.5. The summed E-state index contributed by atoms with van der Waals surface area (Å²) in [5, 5.41) is 19.7. The van der Waals surface area contributed by atoms with Gasteiger partial charge in [0.2, 0.25) is 0 Å². The molecule has 0 atom stereocenters. The van der Waals surface area contributed by atoms with E-state index in [1.807, 2.05) is 37.3 Å². The SMILES string of the molecule is C=C/C=C(\C=C/C)c1ccc(NCCO)nn1. The van der Waals surface area contributed by atoms with Gasteiger partial charge >= 0.3 is 0 Å². The number of aliphatic hydroxyl groups excluding tert-OH is 1. The Morgan fingerprint density at radius 2 is 2.29 bits per heavy atom. The lowest BCUT2D eigenvalue weighted by atomic mass is 10.1. The molecule has 1 aromatic rings. The number of hydrogen-bond donors (Lipinski definition) is 2. The molecule has 1 aromatic heterocycles. The van der Waals surface area contributed by atoms with Crippen LogP contribution in [0.15, 0.2) is 43.0 Å². The van der Waals surface area contributed by atoms with Gasteiger partial charge in [0.15, 0.2) is 0 Å². The first-order chi connectivity index (χ1) is 8.31. The third-order valence-corrected chi connectivity index (χ3v) is 2.02. The summed E-state index contributed by atoms with van der Waals surface area (Å²) in [6, 6.07) is 3.71. The van der Waals surface area contributed by atoms with Crippen molar-refractivity contribution in [3.8, 4) is 0 Å². The van der Waals surface area contributed by atoms with E-state index in [4.69, 9.17) is 5.11 Å². The minimum Gasteiger partial charge on any atom is -0.395 e. The van der Waals surface area contributed by atoms with Gasteiger partial charge in [0, 0.05) is 12.1 Å². The minimum atomic E-state index is 0.0730. The molecular weight excluding hydrogens is 214 g/mol. The van der Waals surface area contributed by atoms with Crippen LogP contribution in [0, 0.1) is 0 Å². The first-order valence-corrected chi connectivity index (χ1v) is 5.46. The summed E-state index contributed by atoms with van der Waals surface area (Å²) in [6.07, 6.45) is 7.49. The van der Waals surface area contributed by atoms with E-state index in [1.54, 1.807) is 6.08 Å².